The molecule has 0 saturated heterocycles. The van der Waals surface area contributed by atoms with Gasteiger partial charge in [-0.05, 0) is 31.4 Å². The predicted octanol–water partition coefficient (Wildman–Crippen LogP) is 2.43. The zero-order chi connectivity index (χ0) is 10.8. The van der Waals surface area contributed by atoms with Crippen molar-refractivity contribution in [2.45, 2.75) is 33.1 Å². The van der Waals surface area contributed by atoms with Crippen molar-refractivity contribution in [1.29, 1.82) is 0 Å². The molecule has 2 heterocycles. The van der Waals surface area contributed by atoms with Crippen molar-refractivity contribution in [3.63, 3.8) is 0 Å². The third-order valence-electron chi connectivity index (χ3n) is 2.23. The molecule has 0 saturated carbocycles. The highest BCUT2D eigenvalue weighted by Gasteiger charge is 2.07. The predicted molar refractivity (Wildman–Crippen MR) is 59.1 cm³/mol. The zero-order valence-corrected chi connectivity index (χ0v) is 9.62. The van der Waals surface area contributed by atoms with Crippen LogP contribution in [0.2, 0.25) is 5.28 Å². The van der Waals surface area contributed by atoms with E-state index < -0.39 is 0 Å². The van der Waals surface area contributed by atoms with Gasteiger partial charge in [0.1, 0.15) is 5.82 Å². The van der Waals surface area contributed by atoms with Crippen LogP contribution in [0.1, 0.15) is 31.3 Å². The van der Waals surface area contributed by atoms with Gasteiger partial charge in [0, 0.05) is 6.07 Å². The van der Waals surface area contributed by atoms with Gasteiger partial charge in [-0.25, -0.2) is 9.97 Å². The standard InChI is InChI=1S/C10H13ClN4/c1-3-4-5-8-6-9-12-7(2)13-10(11)15(9)14-8/h6H,3-5H2,1-2H3. The van der Waals surface area contributed by atoms with Gasteiger partial charge < -0.3 is 0 Å². The van der Waals surface area contributed by atoms with E-state index in [0.29, 0.717) is 11.1 Å². The third-order valence-corrected chi connectivity index (χ3v) is 2.48. The fourth-order valence-corrected chi connectivity index (χ4v) is 1.73. The number of fused-ring (bicyclic) bond motifs is 1. The van der Waals surface area contributed by atoms with E-state index in [1.54, 1.807) is 4.52 Å². The van der Waals surface area contributed by atoms with E-state index in [1.165, 1.54) is 0 Å². The Bertz CT molecular complexity index is 477. The molecule has 0 aliphatic heterocycles. The second kappa shape index (κ2) is 4.14. The van der Waals surface area contributed by atoms with Crippen LogP contribution < -0.4 is 0 Å². The van der Waals surface area contributed by atoms with Gasteiger partial charge in [-0.2, -0.15) is 9.61 Å². The van der Waals surface area contributed by atoms with Crippen LogP contribution in [0.5, 0.6) is 0 Å². The van der Waals surface area contributed by atoms with Crippen LogP contribution in [0.4, 0.5) is 0 Å². The molecule has 0 unspecified atom stereocenters. The van der Waals surface area contributed by atoms with Crippen LogP contribution in [0.3, 0.4) is 0 Å². The average Bonchev–Trinajstić information content (AvgIpc) is 2.57. The first kappa shape index (κ1) is 10.4. The second-order valence-corrected chi connectivity index (χ2v) is 3.89. The van der Waals surface area contributed by atoms with Crippen molar-refractivity contribution in [2.24, 2.45) is 0 Å². The Labute approximate surface area is 93.3 Å². The summed E-state index contributed by atoms with van der Waals surface area (Å²) in [6.45, 7) is 3.98. The van der Waals surface area contributed by atoms with Crippen molar-refractivity contribution in [3.05, 3.63) is 22.9 Å². The van der Waals surface area contributed by atoms with Crippen LogP contribution in [0, 0.1) is 6.92 Å². The molecule has 0 fully saturated rings. The number of aryl methyl sites for hydroxylation is 2. The lowest BCUT2D eigenvalue weighted by Crippen LogP contribution is -1.98. The Hall–Kier alpha value is -1.16. The number of halogens is 1. The molecule has 2 aromatic heterocycles. The summed E-state index contributed by atoms with van der Waals surface area (Å²) in [7, 11) is 0. The van der Waals surface area contributed by atoms with Gasteiger partial charge in [0.2, 0.25) is 5.28 Å². The van der Waals surface area contributed by atoms with E-state index in [4.69, 9.17) is 11.6 Å². The SMILES string of the molecule is CCCCc1cc2nc(C)nc(Cl)n2n1. The van der Waals surface area contributed by atoms with Crippen LogP contribution in [-0.2, 0) is 6.42 Å². The first-order chi connectivity index (χ1) is 7.20. The van der Waals surface area contributed by atoms with Crippen molar-refractivity contribution >= 4 is 17.2 Å². The van der Waals surface area contributed by atoms with Gasteiger partial charge in [-0.3, -0.25) is 0 Å². The zero-order valence-electron chi connectivity index (χ0n) is 8.87. The molecule has 4 nitrogen and oxygen atoms in total. The highest BCUT2D eigenvalue weighted by atomic mass is 35.5. The van der Waals surface area contributed by atoms with E-state index in [2.05, 4.69) is 22.0 Å². The minimum absolute atomic E-state index is 0.375. The van der Waals surface area contributed by atoms with Crippen LogP contribution in [0.15, 0.2) is 6.07 Å². The van der Waals surface area contributed by atoms with Crippen molar-refractivity contribution in [3.8, 4) is 0 Å². The number of hydrogen-bond acceptors (Lipinski definition) is 3. The summed E-state index contributed by atoms with van der Waals surface area (Å²) < 4.78 is 1.58. The van der Waals surface area contributed by atoms with E-state index in [-0.39, 0.29) is 0 Å². The summed E-state index contributed by atoms with van der Waals surface area (Å²) in [5.41, 5.74) is 1.80. The normalized spacial score (nSPS) is 11.1. The maximum absolute atomic E-state index is 5.96. The summed E-state index contributed by atoms with van der Waals surface area (Å²) in [5.74, 6) is 0.675. The van der Waals surface area contributed by atoms with Gasteiger partial charge in [0.05, 0.1) is 5.69 Å². The summed E-state index contributed by atoms with van der Waals surface area (Å²) in [4.78, 5) is 8.32. The van der Waals surface area contributed by atoms with Crippen LogP contribution in [0.25, 0.3) is 5.65 Å². The quantitative estimate of drug-likeness (QED) is 0.804. The number of unbranched alkanes of at least 4 members (excludes halogenated alkanes) is 1. The largest absolute Gasteiger partial charge is 0.227 e. The van der Waals surface area contributed by atoms with Gasteiger partial charge >= 0.3 is 0 Å². The van der Waals surface area contributed by atoms with Gasteiger partial charge in [0.15, 0.2) is 5.65 Å². The number of nitrogens with zero attached hydrogens (tertiary/aromatic N) is 4. The van der Waals surface area contributed by atoms with Gasteiger partial charge in [0.25, 0.3) is 0 Å². The summed E-state index contributed by atoms with van der Waals surface area (Å²) >= 11 is 5.96. The molecule has 0 aliphatic rings. The van der Waals surface area contributed by atoms with E-state index >= 15 is 0 Å². The second-order valence-electron chi connectivity index (χ2n) is 3.55. The Morgan fingerprint density at radius 1 is 1.40 bits per heavy atom. The summed E-state index contributed by atoms with van der Waals surface area (Å²) in [6.07, 6.45) is 3.26. The minimum atomic E-state index is 0.375. The summed E-state index contributed by atoms with van der Waals surface area (Å²) in [6, 6.07) is 1.97. The molecule has 0 aromatic carbocycles. The molecule has 0 aliphatic carbocycles. The lowest BCUT2D eigenvalue weighted by atomic mass is 10.2. The number of aromatic nitrogens is 4. The Morgan fingerprint density at radius 3 is 2.93 bits per heavy atom. The summed E-state index contributed by atoms with van der Waals surface area (Å²) in [5, 5.41) is 4.73. The van der Waals surface area contributed by atoms with E-state index in [9.17, 15) is 0 Å². The van der Waals surface area contributed by atoms with Crippen LogP contribution >= 0.6 is 11.6 Å². The molecule has 15 heavy (non-hydrogen) atoms. The lowest BCUT2D eigenvalue weighted by Gasteiger charge is -1.96. The molecule has 2 aromatic rings. The average molecular weight is 225 g/mol. The molecule has 0 atom stereocenters. The van der Waals surface area contributed by atoms with Crippen molar-refractivity contribution in [1.82, 2.24) is 19.6 Å². The topological polar surface area (TPSA) is 43.1 Å². The van der Waals surface area contributed by atoms with Crippen molar-refractivity contribution in [2.75, 3.05) is 0 Å². The Balaban J connectivity index is 2.41. The molecular weight excluding hydrogens is 212 g/mol. The first-order valence-electron chi connectivity index (χ1n) is 5.09. The van der Waals surface area contributed by atoms with E-state index in [0.717, 1.165) is 30.6 Å². The fraction of sp³-hybridized carbons (Fsp3) is 0.500. The maximum Gasteiger partial charge on any atom is 0.227 e. The van der Waals surface area contributed by atoms with Crippen LogP contribution in [-0.4, -0.2) is 19.6 Å². The molecule has 0 spiro atoms. The van der Waals surface area contributed by atoms with Gasteiger partial charge in [-0.15, -0.1) is 0 Å². The maximum atomic E-state index is 5.96. The minimum Gasteiger partial charge on any atom is -0.214 e. The Morgan fingerprint density at radius 2 is 2.20 bits per heavy atom. The Kier molecular flexibility index (Phi) is 2.86. The molecule has 80 valence electrons. The molecule has 2 rings (SSSR count). The molecule has 0 bridgehead atoms. The van der Waals surface area contributed by atoms with Gasteiger partial charge in [-0.1, -0.05) is 13.3 Å². The van der Waals surface area contributed by atoms with E-state index in [1.807, 2.05) is 13.0 Å². The molecule has 0 radical (unpaired) electrons. The molecule has 0 N–H and O–H groups in total. The fourth-order valence-electron chi connectivity index (χ4n) is 1.49. The smallest absolute Gasteiger partial charge is 0.214 e. The highest BCUT2D eigenvalue weighted by Crippen LogP contribution is 2.12. The monoisotopic (exact) mass is 224 g/mol. The molecule has 0 amide bonds. The lowest BCUT2D eigenvalue weighted by molar-refractivity contribution is 0.756. The third kappa shape index (κ3) is 2.09. The molecule has 5 heteroatoms. The van der Waals surface area contributed by atoms with Crippen molar-refractivity contribution < 1.29 is 0 Å². The number of rotatable bonds is 3. The number of hydrogen-bond donors (Lipinski definition) is 0. The highest BCUT2D eigenvalue weighted by molar-refractivity contribution is 6.28. The first-order valence-corrected chi connectivity index (χ1v) is 5.47. The molecular formula is C10H13ClN4.